The first-order valence-electron chi connectivity index (χ1n) is 17.7. The summed E-state index contributed by atoms with van der Waals surface area (Å²) in [5.41, 5.74) is 8.63. The minimum atomic E-state index is -0.262. The number of allylic oxidation sites excluding steroid dienone is 4. The highest BCUT2D eigenvalue weighted by atomic mass is 16.3. The van der Waals surface area contributed by atoms with E-state index in [1.165, 1.54) is 27.1 Å². The molecule has 244 valence electrons. The molecule has 7 aromatic carbocycles. The van der Waals surface area contributed by atoms with Crippen LogP contribution in [0.15, 0.2) is 179 Å². The number of fused-ring (bicyclic) bond motifs is 5. The fraction of sp³-hybridized carbons (Fsp3) is 0.0851. The van der Waals surface area contributed by atoms with Gasteiger partial charge in [-0.05, 0) is 80.0 Å². The summed E-state index contributed by atoms with van der Waals surface area (Å²) in [5.74, 6) is 1.24. The van der Waals surface area contributed by atoms with E-state index in [0.717, 1.165) is 62.0 Å². The second kappa shape index (κ2) is 12.3. The maximum absolute atomic E-state index is 6.57. The SMILES string of the molecule is C1=CCC(c2ccc(C3N=C(c4cccc5oc6cccc(-c7ccc8ccccc8c7)c6c45)N[C@@H](c4ccc5ccccc5c4)N3)cc2)C=C1. The summed E-state index contributed by atoms with van der Waals surface area (Å²) in [5, 5.41) is 14.7. The summed E-state index contributed by atoms with van der Waals surface area (Å²) >= 11 is 0. The lowest BCUT2D eigenvalue weighted by atomic mass is 9.91. The van der Waals surface area contributed by atoms with Crippen molar-refractivity contribution < 1.29 is 4.42 Å². The van der Waals surface area contributed by atoms with Gasteiger partial charge in [-0.3, -0.25) is 5.32 Å². The predicted octanol–water partition coefficient (Wildman–Crippen LogP) is 11.5. The fourth-order valence-corrected chi connectivity index (χ4v) is 7.84. The Balaban J connectivity index is 1.12. The van der Waals surface area contributed by atoms with E-state index < -0.39 is 0 Å². The number of amidine groups is 1. The normalized spacial score (nSPS) is 18.7. The highest BCUT2D eigenvalue weighted by molar-refractivity contribution is 6.21. The van der Waals surface area contributed by atoms with Gasteiger partial charge in [0.25, 0.3) is 0 Å². The molecular formula is C47H35N3O. The lowest BCUT2D eigenvalue weighted by Gasteiger charge is -2.32. The Morgan fingerprint density at radius 3 is 1.94 bits per heavy atom. The van der Waals surface area contributed by atoms with E-state index in [4.69, 9.17) is 9.41 Å². The van der Waals surface area contributed by atoms with E-state index in [9.17, 15) is 0 Å². The molecular weight excluding hydrogens is 623 g/mol. The van der Waals surface area contributed by atoms with Crippen molar-refractivity contribution in [3.05, 3.63) is 192 Å². The van der Waals surface area contributed by atoms with Crippen LogP contribution < -0.4 is 10.6 Å². The summed E-state index contributed by atoms with van der Waals surface area (Å²) < 4.78 is 6.57. The third-order valence-corrected chi connectivity index (χ3v) is 10.5. The third kappa shape index (κ3) is 5.32. The number of aliphatic imine (C=N–C) groups is 1. The maximum atomic E-state index is 6.57. The molecule has 2 N–H and O–H groups in total. The molecule has 0 bridgehead atoms. The number of furan rings is 1. The molecule has 0 amide bonds. The van der Waals surface area contributed by atoms with Gasteiger partial charge in [0.05, 0.1) is 0 Å². The number of nitrogens with zero attached hydrogens (tertiary/aromatic N) is 1. The molecule has 10 rings (SSSR count). The van der Waals surface area contributed by atoms with E-state index in [0.29, 0.717) is 5.92 Å². The minimum Gasteiger partial charge on any atom is -0.456 e. The van der Waals surface area contributed by atoms with Crippen LogP contribution in [0.5, 0.6) is 0 Å². The molecule has 3 atom stereocenters. The minimum absolute atomic E-state index is 0.174. The molecule has 2 aliphatic rings. The van der Waals surface area contributed by atoms with Gasteiger partial charge in [0.2, 0.25) is 0 Å². The Morgan fingerprint density at radius 2 is 1.20 bits per heavy atom. The van der Waals surface area contributed by atoms with Gasteiger partial charge in [-0.2, -0.15) is 0 Å². The van der Waals surface area contributed by atoms with Gasteiger partial charge in [-0.1, -0.05) is 146 Å². The van der Waals surface area contributed by atoms with Crippen molar-refractivity contribution in [2.45, 2.75) is 24.7 Å². The van der Waals surface area contributed by atoms with Crippen LogP contribution in [0.4, 0.5) is 0 Å². The Kier molecular flexibility index (Phi) is 7.14. The van der Waals surface area contributed by atoms with Gasteiger partial charge in [0.15, 0.2) is 0 Å². The quantitative estimate of drug-likeness (QED) is 0.194. The number of nitrogens with one attached hydrogen (secondary N) is 2. The average Bonchev–Trinajstić information content (AvgIpc) is 3.60. The molecule has 0 saturated heterocycles. The van der Waals surface area contributed by atoms with E-state index in [2.05, 4.69) is 181 Å². The maximum Gasteiger partial charge on any atom is 0.136 e. The van der Waals surface area contributed by atoms with E-state index >= 15 is 0 Å². The molecule has 0 saturated carbocycles. The summed E-state index contributed by atoms with van der Waals surface area (Å²) in [6.07, 6.45) is 9.38. The molecule has 4 heteroatoms. The van der Waals surface area contributed by atoms with Crippen LogP contribution >= 0.6 is 0 Å². The highest BCUT2D eigenvalue weighted by Gasteiger charge is 2.28. The first-order chi connectivity index (χ1) is 25.2. The summed E-state index contributed by atoms with van der Waals surface area (Å²) in [6, 6.07) is 52.1. The van der Waals surface area contributed by atoms with Crippen LogP contribution in [0.2, 0.25) is 0 Å². The van der Waals surface area contributed by atoms with Gasteiger partial charge in [-0.25, -0.2) is 4.99 Å². The van der Waals surface area contributed by atoms with Gasteiger partial charge in [0.1, 0.15) is 29.3 Å². The second-order valence-electron chi connectivity index (χ2n) is 13.6. The largest absolute Gasteiger partial charge is 0.456 e. The molecule has 1 aliphatic carbocycles. The van der Waals surface area contributed by atoms with Crippen molar-refractivity contribution in [2.24, 2.45) is 4.99 Å². The lowest BCUT2D eigenvalue weighted by Crippen LogP contribution is -2.45. The summed E-state index contributed by atoms with van der Waals surface area (Å²) in [4.78, 5) is 5.41. The first kappa shape index (κ1) is 29.7. The zero-order valence-corrected chi connectivity index (χ0v) is 28.0. The number of hydrogen-bond acceptors (Lipinski definition) is 4. The Bertz CT molecular complexity index is 2700. The molecule has 0 spiro atoms. The molecule has 0 fully saturated rings. The van der Waals surface area contributed by atoms with Gasteiger partial charge >= 0.3 is 0 Å². The Labute approximate surface area is 296 Å². The second-order valence-corrected chi connectivity index (χ2v) is 13.6. The van der Waals surface area contributed by atoms with Crippen molar-refractivity contribution in [3.63, 3.8) is 0 Å². The Morgan fingerprint density at radius 1 is 0.549 bits per heavy atom. The van der Waals surface area contributed by atoms with Crippen LogP contribution in [-0.2, 0) is 0 Å². The molecule has 0 radical (unpaired) electrons. The molecule has 8 aromatic rings. The summed E-state index contributed by atoms with van der Waals surface area (Å²) in [6.45, 7) is 0. The van der Waals surface area contributed by atoms with Gasteiger partial charge < -0.3 is 9.73 Å². The predicted molar refractivity (Wildman–Crippen MR) is 211 cm³/mol. The van der Waals surface area contributed by atoms with Crippen molar-refractivity contribution in [1.82, 2.24) is 10.6 Å². The zero-order chi connectivity index (χ0) is 33.7. The molecule has 4 nitrogen and oxygen atoms in total. The van der Waals surface area contributed by atoms with Crippen molar-refractivity contribution in [1.29, 1.82) is 0 Å². The van der Waals surface area contributed by atoms with E-state index in [-0.39, 0.29) is 12.3 Å². The lowest BCUT2D eigenvalue weighted by molar-refractivity contribution is 0.409. The fourth-order valence-electron chi connectivity index (χ4n) is 7.84. The van der Waals surface area contributed by atoms with Crippen molar-refractivity contribution in [2.75, 3.05) is 0 Å². The standard InChI is InChI=1S/C47H35N3O/c1-2-10-30(11-3-1)33-20-24-34(25-21-33)45-48-46(38-27-23-32-13-5-7-15-36(32)29-38)50-47(49-45)40-17-9-19-42-44(40)43-39(16-8-18-41(43)51-42)37-26-22-31-12-4-6-14-35(31)28-37/h1-10,12-30,45-46,48H,11H2,(H,49,50)/t30?,45?,46-/m0/s1. The van der Waals surface area contributed by atoms with Gasteiger partial charge in [0, 0.05) is 22.3 Å². The number of rotatable bonds is 5. The van der Waals surface area contributed by atoms with Crippen LogP contribution in [0.3, 0.4) is 0 Å². The third-order valence-electron chi connectivity index (χ3n) is 10.5. The summed E-state index contributed by atoms with van der Waals surface area (Å²) in [7, 11) is 0. The van der Waals surface area contributed by atoms with Crippen LogP contribution in [0.1, 0.15) is 46.9 Å². The molecule has 51 heavy (non-hydrogen) atoms. The number of hydrogen-bond donors (Lipinski definition) is 2. The topological polar surface area (TPSA) is 49.6 Å². The Hall–Kier alpha value is -6.23. The first-order valence-corrected chi connectivity index (χ1v) is 17.7. The monoisotopic (exact) mass is 657 g/mol. The van der Waals surface area contributed by atoms with E-state index in [1.54, 1.807) is 0 Å². The molecule has 2 unspecified atom stereocenters. The smallest absolute Gasteiger partial charge is 0.136 e. The molecule has 2 heterocycles. The molecule has 1 aliphatic heterocycles. The number of benzene rings is 7. The molecule has 1 aromatic heterocycles. The van der Waals surface area contributed by atoms with Crippen LogP contribution in [0.25, 0.3) is 54.6 Å². The highest BCUT2D eigenvalue weighted by Crippen LogP contribution is 2.40. The van der Waals surface area contributed by atoms with Crippen molar-refractivity contribution in [3.8, 4) is 11.1 Å². The zero-order valence-electron chi connectivity index (χ0n) is 28.0. The van der Waals surface area contributed by atoms with Gasteiger partial charge in [-0.15, -0.1) is 0 Å². The van der Waals surface area contributed by atoms with Crippen LogP contribution in [-0.4, -0.2) is 5.84 Å². The van der Waals surface area contributed by atoms with Crippen LogP contribution in [0, 0.1) is 0 Å². The van der Waals surface area contributed by atoms with Crippen molar-refractivity contribution >= 4 is 49.3 Å². The van der Waals surface area contributed by atoms with E-state index in [1.807, 2.05) is 0 Å². The average molecular weight is 658 g/mol.